The topological polar surface area (TPSA) is 46.1 Å². The number of hydrogen-bond donors (Lipinski definition) is 1. The molecule has 4 aliphatic rings. The van der Waals surface area contributed by atoms with Crippen molar-refractivity contribution >= 4 is 5.96 Å². The van der Waals surface area contributed by atoms with Crippen molar-refractivity contribution in [2.75, 3.05) is 39.4 Å². The number of fused-ring (bicyclic) bond motifs is 3. The van der Waals surface area contributed by atoms with Gasteiger partial charge in [0.1, 0.15) is 0 Å². The number of piperidine rings is 1. The van der Waals surface area contributed by atoms with Gasteiger partial charge in [-0.3, -0.25) is 4.99 Å². The summed E-state index contributed by atoms with van der Waals surface area (Å²) in [7, 11) is 0. The second kappa shape index (κ2) is 9.27. The third-order valence-electron chi connectivity index (χ3n) is 7.52. The Balaban J connectivity index is 1.10. The quantitative estimate of drug-likeness (QED) is 0.574. The molecule has 0 radical (unpaired) electrons. The predicted molar refractivity (Wildman–Crippen MR) is 120 cm³/mol. The van der Waals surface area contributed by atoms with Crippen molar-refractivity contribution in [1.82, 2.24) is 10.2 Å². The molecular weight excluding hydrogens is 374 g/mol. The van der Waals surface area contributed by atoms with Gasteiger partial charge in [-0.05, 0) is 74.3 Å². The Labute approximate surface area is 181 Å². The number of hydrogen-bond acceptors (Lipinski definition) is 3. The van der Waals surface area contributed by atoms with Crippen molar-refractivity contribution in [2.24, 2.45) is 16.8 Å². The van der Waals surface area contributed by atoms with E-state index in [4.69, 9.17) is 14.5 Å². The van der Waals surface area contributed by atoms with Crippen LogP contribution in [0.25, 0.3) is 0 Å². The van der Waals surface area contributed by atoms with Crippen LogP contribution in [0.15, 0.2) is 29.3 Å². The van der Waals surface area contributed by atoms with Crippen LogP contribution in [0, 0.1) is 11.8 Å². The SMILES string of the molecule is CCNC(=NCC1C2Cc3ccccc3C12)N1CCC(OCC2CCCCO2)CC1. The lowest BCUT2D eigenvalue weighted by molar-refractivity contribution is -0.0721. The monoisotopic (exact) mass is 411 g/mol. The number of guanidine groups is 1. The van der Waals surface area contributed by atoms with Crippen LogP contribution >= 0.6 is 0 Å². The Morgan fingerprint density at radius 2 is 2.07 bits per heavy atom. The van der Waals surface area contributed by atoms with Gasteiger partial charge in [0, 0.05) is 32.8 Å². The van der Waals surface area contributed by atoms with Gasteiger partial charge in [0.25, 0.3) is 0 Å². The Morgan fingerprint density at radius 3 is 2.87 bits per heavy atom. The molecule has 5 heteroatoms. The van der Waals surface area contributed by atoms with Crippen LogP contribution in [0.2, 0.25) is 0 Å². The van der Waals surface area contributed by atoms with E-state index in [-0.39, 0.29) is 0 Å². The standard InChI is InChI=1S/C25H37N3O2/c1-2-26-25(27-16-23-22-15-18-7-3-4-9-21(18)24(22)23)28-12-10-19(11-13-28)30-17-20-8-5-6-14-29-20/h3-4,7,9,19-20,22-24H,2,5-6,8,10-17H2,1H3,(H,26,27). The van der Waals surface area contributed by atoms with Crippen LogP contribution in [0.5, 0.6) is 0 Å². The number of aliphatic imine (C=N–C) groups is 1. The molecule has 4 atom stereocenters. The minimum atomic E-state index is 0.318. The molecule has 164 valence electrons. The van der Waals surface area contributed by atoms with Crippen molar-refractivity contribution in [3.05, 3.63) is 35.4 Å². The lowest BCUT2D eigenvalue weighted by Crippen LogP contribution is -2.47. The maximum atomic E-state index is 6.19. The molecule has 30 heavy (non-hydrogen) atoms. The molecule has 5 nitrogen and oxygen atoms in total. The molecule has 2 saturated heterocycles. The average molecular weight is 412 g/mol. The van der Waals surface area contributed by atoms with Gasteiger partial charge in [-0.15, -0.1) is 0 Å². The Kier molecular flexibility index (Phi) is 6.28. The zero-order chi connectivity index (χ0) is 20.3. The molecule has 0 amide bonds. The lowest BCUT2D eigenvalue weighted by atomic mass is 10.0. The zero-order valence-corrected chi connectivity index (χ0v) is 18.4. The van der Waals surface area contributed by atoms with E-state index >= 15 is 0 Å². The first kappa shape index (κ1) is 20.3. The van der Waals surface area contributed by atoms with Crippen molar-refractivity contribution in [3.8, 4) is 0 Å². The van der Waals surface area contributed by atoms with Crippen LogP contribution in [0.4, 0.5) is 0 Å². The van der Waals surface area contributed by atoms with Gasteiger partial charge < -0.3 is 19.7 Å². The maximum Gasteiger partial charge on any atom is 0.193 e. The molecule has 2 heterocycles. The van der Waals surface area contributed by atoms with Crippen molar-refractivity contribution in [3.63, 3.8) is 0 Å². The van der Waals surface area contributed by atoms with Crippen molar-refractivity contribution in [2.45, 2.75) is 63.6 Å². The van der Waals surface area contributed by atoms with Gasteiger partial charge >= 0.3 is 0 Å². The van der Waals surface area contributed by atoms with E-state index in [2.05, 4.69) is 41.4 Å². The van der Waals surface area contributed by atoms with Gasteiger partial charge in [-0.1, -0.05) is 24.3 Å². The first-order chi connectivity index (χ1) is 14.8. The first-order valence-corrected chi connectivity index (χ1v) is 12.2. The molecule has 0 aromatic heterocycles. The summed E-state index contributed by atoms with van der Waals surface area (Å²) in [6.07, 6.45) is 7.75. The molecule has 5 rings (SSSR count). The number of rotatable bonds is 6. The minimum absolute atomic E-state index is 0.318. The molecule has 2 aliphatic heterocycles. The normalized spacial score (nSPS) is 31.4. The molecule has 1 aromatic carbocycles. The van der Waals surface area contributed by atoms with Gasteiger partial charge in [-0.25, -0.2) is 0 Å². The highest BCUT2D eigenvalue weighted by atomic mass is 16.5. The lowest BCUT2D eigenvalue weighted by Gasteiger charge is -2.35. The summed E-state index contributed by atoms with van der Waals surface area (Å²) in [5, 5.41) is 3.53. The highest BCUT2D eigenvalue weighted by Crippen LogP contribution is 2.61. The summed E-state index contributed by atoms with van der Waals surface area (Å²) < 4.78 is 12.0. The third-order valence-corrected chi connectivity index (χ3v) is 7.52. The molecule has 4 unspecified atom stereocenters. The molecule has 1 N–H and O–H groups in total. The smallest absolute Gasteiger partial charge is 0.193 e. The zero-order valence-electron chi connectivity index (χ0n) is 18.4. The molecule has 3 fully saturated rings. The summed E-state index contributed by atoms with van der Waals surface area (Å²) in [4.78, 5) is 7.51. The summed E-state index contributed by atoms with van der Waals surface area (Å²) >= 11 is 0. The Bertz CT molecular complexity index is 738. The van der Waals surface area contributed by atoms with E-state index in [1.54, 1.807) is 11.1 Å². The van der Waals surface area contributed by atoms with Crippen LogP contribution in [-0.2, 0) is 15.9 Å². The molecule has 0 spiro atoms. The highest BCUT2D eigenvalue weighted by molar-refractivity contribution is 5.80. The van der Waals surface area contributed by atoms with E-state index in [9.17, 15) is 0 Å². The van der Waals surface area contributed by atoms with Crippen molar-refractivity contribution in [1.29, 1.82) is 0 Å². The second-order valence-corrected chi connectivity index (χ2v) is 9.46. The van der Waals surface area contributed by atoms with E-state index < -0.39 is 0 Å². The minimum Gasteiger partial charge on any atom is -0.376 e. The molecule has 1 saturated carbocycles. The number of ether oxygens (including phenoxy) is 2. The van der Waals surface area contributed by atoms with Gasteiger partial charge in [0.2, 0.25) is 0 Å². The highest BCUT2D eigenvalue weighted by Gasteiger charge is 2.55. The predicted octanol–water partition coefficient (Wildman–Crippen LogP) is 3.59. The first-order valence-electron chi connectivity index (χ1n) is 12.2. The number of likely N-dealkylation sites (tertiary alicyclic amines) is 1. The molecule has 1 aromatic rings. The number of benzene rings is 1. The fourth-order valence-electron chi connectivity index (χ4n) is 5.77. The van der Waals surface area contributed by atoms with Crippen LogP contribution in [-0.4, -0.2) is 62.5 Å². The van der Waals surface area contributed by atoms with E-state index in [0.717, 1.165) is 82.4 Å². The van der Waals surface area contributed by atoms with Crippen LogP contribution < -0.4 is 5.32 Å². The van der Waals surface area contributed by atoms with Gasteiger partial charge in [0.05, 0.1) is 18.8 Å². The molecular formula is C25H37N3O2. The Hall–Kier alpha value is -1.59. The fourth-order valence-corrected chi connectivity index (χ4v) is 5.77. The fraction of sp³-hybridized carbons (Fsp3) is 0.720. The maximum absolute atomic E-state index is 6.19. The number of nitrogens with zero attached hydrogens (tertiary/aromatic N) is 2. The van der Waals surface area contributed by atoms with Gasteiger partial charge in [0.15, 0.2) is 5.96 Å². The van der Waals surface area contributed by atoms with Crippen LogP contribution in [0.3, 0.4) is 0 Å². The summed E-state index contributed by atoms with van der Waals surface area (Å²) in [6.45, 7) is 7.78. The second-order valence-electron chi connectivity index (χ2n) is 9.46. The Morgan fingerprint density at radius 1 is 1.20 bits per heavy atom. The third kappa shape index (κ3) is 4.38. The summed E-state index contributed by atoms with van der Waals surface area (Å²) in [5.41, 5.74) is 3.16. The van der Waals surface area contributed by atoms with E-state index in [0.29, 0.717) is 12.2 Å². The van der Waals surface area contributed by atoms with E-state index in [1.807, 2.05) is 0 Å². The largest absolute Gasteiger partial charge is 0.376 e. The summed E-state index contributed by atoms with van der Waals surface area (Å²) in [5.74, 6) is 3.43. The summed E-state index contributed by atoms with van der Waals surface area (Å²) in [6, 6.07) is 9.00. The van der Waals surface area contributed by atoms with Crippen LogP contribution in [0.1, 0.15) is 56.1 Å². The van der Waals surface area contributed by atoms with E-state index in [1.165, 1.54) is 19.3 Å². The molecule has 2 aliphatic carbocycles. The average Bonchev–Trinajstić information content (AvgIpc) is 3.33. The molecule has 0 bridgehead atoms. The van der Waals surface area contributed by atoms with Crippen molar-refractivity contribution < 1.29 is 9.47 Å². The van der Waals surface area contributed by atoms with Gasteiger partial charge in [-0.2, -0.15) is 0 Å². The number of nitrogens with one attached hydrogen (secondary N) is 1.